The molecule has 0 spiro atoms. The molecular weight excluding hydrogens is 313 g/mol. The first kappa shape index (κ1) is 16.0. The molecule has 7 heteroatoms. The molecule has 3 rings (SSSR count). The summed E-state index contributed by atoms with van der Waals surface area (Å²) in [4.78, 5) is 32.0. The fraction of sp³-hybridized carbons (Fsp3) is 0.294. The number of amides is 1. The largest absolute Gasteiger partial charge is 0.481 e. The van der Waals surface area contributed by atoms with Crippen molar-refractivity contribution in [3.05, 3.63) is 59.4 Å². The normalized spacial score (nSPS) is 14.9. The van der Waals surface area contributed by atoms with Gasteiger partial charge in [0.1, 0.15) is 17.3 Å². The van der Waals surface area contributed by atoms with Gasteiger partial charge in [0.25, 0.3) is 5.91 Å². The minimum Gasteiger partial charge on any atom is -0.481 e. The van der Waals surface area contributed by atoms with Crippen LogP contribution in [0.2, 0.25) is 0 Å². The Bertz CT molecular complexity index is 760. The molecule has 1 unspecified atom stereocenters. The van der Waals surface area contributed by atoms with E-state index in [1.54, 1.807) is 0 Å². The van der Waals surface area contributed by atoms with E-state index in [9.17, 15) is 19.1 Å². The van der Waals surface area contributed by atoms with Crippen molar-refractivity contribution in [1.29, 1.82) is 0 Å². The molecule has 1 heterocycles. The molecule has 0 saturated heterocycles. The Morgan fingerprint density at radius 1 is 1.25 bits per heavy atom. The molecule has 1 fully saturated rings. The molecule has 1 aromatic heterocycles. The second-order valence-corrected chi connectivity index (χ2v) is 5.73. The van der Waals surface area contributed by atoms with E-state index in [0.717, 1.165) is 12.8 Å². The van der Waals surface area contributed by atoms with Gasteiger partial charge in [0.05, 0.1) is 5.92 Å². The first-order chi connectivity index (χ1) is 11.5. The van der Waals surface area contributed by atoms with Crippen LogP contribution in [0.5, 0.6) is 0 Å². The van der Waals surface area contributed by atoms with Crippen LogP contribution >= 0.6 is 0 Å². The minimum atomic E-state index is -1.09. The Hall–Kier alpha value is -2.83. The molecule has 2 N–H and O–H groups in total. The third kappa shape index (κ3) is 3.73. The van der Waals surface area contributed by atoms with Gasteiger partial charge in [-0.15, -0.1) is 0 Å². The molecule has 1 aliphatic rings. The van der Waals surface area contributed by atoms with Gasteiger partial charge in [-0.05, 0) is 36.6 Å². The molecule has 124 valence electrons. The highest BCUT2D eigenvalue weighted by molar-refractivity contribution is 5.92. The quantitative estimate of drug-likeness (QED) is 0.846. The van der Waals surface area contributed by atoms with Crippen LogP contribution in [0, 0.1) is 5.82 Å². The third-order valence-corrected chi connectivity index (χ3v) is 3.89. The summed E-state index contributed by atoms with van der Waals surface area (Å²) < 4.78 is 13.0. The van der Waals surface area contributed by atoms with Crippen molar-refractivity contribution < 1.29 is 19.1 Å². The Kier molecular flexibility index (Phi) is 4.50. The summed E-state index contributed by atoms with van der Waals surface area (Å²) >= 11 is 0. The number of hydrogen-bond donors (Lipinski definition) is 2. The summed E-state index contributed by atoms with van der Waals surface area (Å²) in [5, 5.41) is 11.9. The monoisotopic (exact) mass is 329 g/mol. The Morgan fingerprint density at radius 2 is 1.96 bits per heavy atom. The lowest BCUT2D eigenvalue weighted by Crippen LogP contribution is -2.32. The zero-order valence-corrected chi connectivity index (χ0v) is 12.8. The zero-order valence-electron chi connectivity index (χ0n) is 12.8. The van der Waals surface area contributed by atoms with Crippen LogP contribution in [0.4, 0.5) is 4.39 Å². The molecule has 0 aliphatic heterocycles. The first-order valence-electron chi connectivity index (χ1n) is 7.64. The zero-order chi connectivity index (χ0) is 17.1. The lowest BCUT2D eigenvalue weighted by atomic mass is 9.99. The van der Waals surface area contributed by atoms with Crippen LogP contribution < -0.4 is 5.32 Å². The summed E-state index contributed by atoms with van der Waals surface area (Å²) in [6.07, 6.45) is 3.58. The highest BCUT2D eigenvalue weighted by Gasteiger charge is 2.27. The van der Waals surface area contributed by atoms with Crippen LogP contribution in [0.1, 0.15) is 46.6 Å². The molecule has 0 radical (unpaired) electrons. The van der Waals surface area contributed by atoms with Crippen LogP contribution in [0.3, 0.4) is 0 Å². The minimum absolute atomic E-state index is 0.109. The summed E-state index contributed by atoms with van der Waals surface area (Å²) in [7, 11) is 0. The second-order valence-electron chi connectivity index (χ2n) is 5.73. The molecule has 2 aromatic rings. The number of nitrogens with one attached hydrogen (secondary N) is 1. The first-order valence-corrected chi connectivity index (χ1v) is 7.64. The number of benzene rings is 1. The smallest absolute Gasteiger partial charge is 0.312 e. The van der Waals surface area contributed by atoms with E-state index >= 15 is 0 Å². The van der Waals surface area contributed by atoms with Gasteiger partial charge < -0.3 is 10.4 Å². The molecule has 6 nitrogen and oxygen atoms in total. The predicted octanol–water partition coefficient (Wildman–Crippen LogP) is 2.09. The number of nitrogens with zero attached hydrogens (tertiary/aromatic N) is 2. The maximum absolute atomic E-state index is 13.0. The molecule has 0 bridgehead atoms. The number of carboxylic acids is 1. The van der Waals surface area contributed by atoms with Crippen molar-refractivity contribution in [2.24, 2.45) is 0 Å². The van der Waals surface area contributed by atoms with Crippen molar-refractivity contribution in [3.8, 4) is 0 Å². The topological polar surface area (TPSA) is 92.2 Å². The van der Waals surface area contributed by atoms with Gasteiger partial charge in [-0.2, -0.15) is 0 Å². The van der Waals surface area contributed by atoms with E-state index < -0.39 is 23.6 Å². The summed E-state index contributed by atoms with van der Waals surface area (Å²) in [6.45, 7) is -0.109. The highest BCUT2D eigenvalue weighted by atomic mass is 19.1. The van der Waals surface area contributed by atoms with Gasteiger partial charge in [-0.3, -0.25) is 9.59 Å². The maximum atomic E-state index is 13.0. The van der Waals surface area contributed by atoms with Crippen molar-refractivity contribution in [2.75, 3.05) is 6.54 Å². The molecule has 1 aromatic carbocycles. The van der Waals surface area contributed by atoms with Crippen molar-refractivity contribution in [2.45, 2.75) is 24.7 Å². The fourth-order valence-corrected chi connectivity index (χ4v) is 2.37. The van der Waals surface area contributed by atoms with Gasteiger partial charge >= 0.3 is 5.97 Å². The molecule has 1 saturated carbocycles. The standard InChI is InChI=1S/C17H16FN3O3/c18-12-5-3-10(4-6-12)13(17(23)24)9-20-16(22)14-7-8-19-15(21-14)11-1-2-11/h3-8,11,13H,1-2,9H2,(H,20,22)(H,23,24). The number of halogens is 1. The van der Waals surface area contributed by atoms with Gasteiger partial charge in [-0.25, -0.2) is 14.4 Å². The van der Waals surface area contributed by atoms with Gasteiger partial charge in [0.2, 0.25) is 0 Å². The number of carbonyl (C=O) groups excluding carboxylic acids is 1. The SMILES string of the molecule is O=C(NCC(C(=O)O)c1ccc(F)cc1)c1ccnc(C2CC2)n1. The summed E-state index contributed by atoms with van der Waals surface area (Å²) in [6, 6.07) is 6.68. The Labute approximate surface area is 137 Å². The second kappa shape index (κ2) is 6.74. The molecule has 1 atom stereocenters. The van der Waals surface area contributed by atoms with E-state index in [-0.39, 0.29) is 12.2 Å². The van der Waals surface area contributed by atoms with Crippen LogP contribution in [0.25, 0.3) is 0 Å². The van der Waals surface area contributed by atoms with Gasteiger partial charge in [-0.1, -0.05) is 12.1 Å². The van der Waals surface area contributed by atoms with E-state index in [0.29, 0.717) is 17.3 Å². The van der Waals surface area contributed by atoms with E-state index in [1.807, 2.05) is 0 Å². The number of rotatable bonds is 6. The van der Waals surface area contributed by atoms with Crippen LogP contribution in [0.15, 0.2) is 36.5 Å². The summed E-state index contributed by atoms with van der Waals surface area (Å²) in [5.41, 5.74) is 0.640. The third-order valence-electron chi connectivity index (χ3n) is 3.89. The number of carbonyl (C=O) groups is 2. The number of hydrogen-bond acceptors (Lipinski definition) is 4. The van der Waals surface area contributed by atoms with E-state index in [2.05, 4.69) is 15.3 Å². The lowest BCUT2D eigenvalue weighted by Gasteiger charge is -2.14. The predicted molar refractivity (Wildman–Crippen MR) is 83.1 cm³/mol. The molecule has 1 aliphatic carbocycles. The fourth-order valence-electron chi connectivity index (χ4n) is 2.37. The number of carboxylic acid groups (broad SMARTS) is 1. The van der Waals surface area contributed by atoms with Crippen LogP contribution in [-0.4, -0.2) is 33.5 Å². The average molecular weight is 329 g/mol. The van der Waals surface area contributed by atoms with Crippen LogP contribution in [-0.2, 0) is 4.79 Å². The van der Waals surface area contributed by atoms with E-state index in [1.165, 1.54) is 36.5 Å². The number of aliphatic carboxylic acids is 1. The average Bonchev–Trinajstić information content (AvgIpc) is 3.41. The van der Waals surface area contributed by atoms with Crippen molar-refractivity contribution >= 4 is 11.9 Å². The van der Waals surface area contributed by atoms with Crippen molar-refractivity contribution in [3.63, 3.8) is 0 Å². The number of aromatic nitrogens is 2. The molecular formula is C17H16FN3O3. The summed E-state index contributed by atoms with van der Waals surface area (Å²) in [5.74, 6) is -1.98. The lowest BCUT2D eigenvalue weighted by molar-refractivity contribution is -0.138. The Balaban J connectivity index is 1.68. The van der Waals surface area contributed by atoms with Gasteiger partial charge in [0.15, 0.2) is 0 Å². The molecule has 24 heavy (non-hydrogen) atoms. The Morgan fingerprint density at radius 3 is 2.58 bits per heavy atom. The van der Waals surface area contributed by atoms with Gasteiger partial charge in [0, 0.05) is 18.7 Å². The molecule has 1 amide bonds. The maximum Gasteiger partial charge on any atom is 0.312 e. The van der Waals surface area contributed by atoms with Crippen molar-refractivity contribution in [1.82, 2.24) is 15.3 Å². The van der Waals surface area contributed by atoms with E-state index in [4.69, 9.17) is 0 Å². The highest BCUT2D eigenvalue weighted by Crippen LogP contribution is 2.37.